The molecule has 0 radical (unpaired) electrons. The zero-order chi connectivity index (χ0) is 17.8. The van der Waals surface area contributed by atoms with E-state index in [9.17, 15) is 4.79 Å². The maximum atomic E-state index is 12.7. The number of ether oxygens (including phenoxy) is 1. The third-order valence-electron chi connectivity index (χ3n) is 4.00. The van der Waals surface area contributed by atoms with Crippen molar-refractivity contribution in [3.8, 4) is 17.0 Å². The first-order valence-corrected chi connectivity index (χ1v) is 8.01. The standard InChI is InChI=1S/C19H20N4O2/c1-12-6-4-8-15(10-12)17-18(22-23-21-17)19(24)20-13(2)14-7-5-9-16(11-14)25-3/h4-11,13H,1-3H3,(H,20,24)(H,21,22,23). The Hall–Kier alpha value is -3.15. The average Bonchev–Trinajstić information content (AvgIpc) is 3.11. The lowest BCUT2D eigenvalue weighted by molar-refractivity contribution is 0.0935. The highest BCUT2D eigenvalue weighted by molar-refractivity contribution is 5.98. The van der Waals surface area contributed by atoms with Gasteiger partial charge in [0.15, 0.2) is 5.69 Å². The minimum absolute atomic E-state index is 0.190. The van der Waals surface area contributed by atoms with Crippen molar-refractivity contribution in [2.75, 3.05) is 7.11 Å². The predicted octanol–water partition coefficient (Wildman–Crippen LogP) is 3.28. The van der Waals surface area contributed by atoms with Crippen molar-refractivity contribution in [2.24, 2.45) is 0 Å². The van der Waals surface area contributed by atoms with Gasteiger partial charge in [-0.2, -0.15) is 15.4 Å². The van der Waals surface area contributed by atoms with Crippen LogP contribution in [0.4, 0.5) is 0 Å². The molecular weight excluding hydrogens is 316 g/mol. The van der Waals surface area contributed by atoms with Crippen LogP contribution in [-0.4, -0.2) is 28.4 Å². The molecule has 0 aliphatic rings. The molecule has 25 heavy (non-hydrogen) atoms. The summed E-state index contributed by atoms with van der Waals surface area (Å²) in [5.41, 5.74) is 3.72. The van der Waals surface area contributed by atoms with Crippen LogP contribution in [0.3, 0.4) is 0 Å². The molecule has 6 heteroatoms. The van der Waals surface area contributed by atoms with Gasteiger partial charge in [-0.05, 0) is 37.6 Å². The number of benzene rings is 2. The van der Waals surface area contributed by atoms with Gasteiger partial charge in [0.2, 0.25) is 0 Å². The average molecular weight is 336 g/mol. The Morgan fingerprint density at radius 1 is 1.16 bits per heavy atom. The minimum atomic E-state index is -0.277. The van der Waals surface area contributed by atoms with Gasteiger partial charge in [0.25, 0.3) is 5.91 Å². The number of H-pyrrole nitrogens is 1. The van der Waals surface area contributed by atoms with Crippen LogP contribution < -0.4 is 10.1 Å². The van der Waals surface area contributed by atoms with E-state index < -0.39 is 0 Å². The van der Waals surface area contributed by atoms with Gasteiger partial charge < -0.3 is 10.1 Å². The van der Waals surface area contributed by atoms with Crippen molar-refractivity contribution < 1.29 is 9.53 Å². The number of carbonyl (C=O) groups excluding carboxylic acids is 1. The Bertz CT molecular complexity index is 888. The summed E-state index contributed by atoms with van der Waals surface area (Å²) >= 11 is 0. The lowest BCUT2D eigenvalue weighted by Gasteiger charge is -2.14. The van der Waals surface area contributed by atoms with Gasteiger partial charge in [-0.1, -0.05) is 35.9 Å². The number of carbonyl (C=O) groups is 1. The van der Waals surface area contributed by atoms with E-state index in [4.69, 9.17) is 4.74 Å². The number of aryl methyl sites for hydroxylation is 1. The Balaban J connectivity index is 1.81. The highest BCUT2D eigenvalue weighted by Gasteiger charge is 2.20. The number of methoxy groups -OCH3 is 1. The first kappa shape index (κ1) is 16.7. The summed E-state index contributed by atoms with van der Waals surface area (Å²) in [5.74, 6) is 0.473. The Morgan fingerprint density at radius 3 is 2.72 bits per heavy atom. The van der Waals surface area contributed by atoms with Crippen LogP contribution in [0.15, 0.2) is 48.5 Å². The lowest BCUT2D eigenvalue weighted by Crippen LogP contribution is -2.27. The third kappa shape index (κ3) is 3.68. The maximum absolute atomic E-state index is 12.7. The van der Waals surface area contributed by atoms with Crippen LogP contribution in [0.2, 0.25) is 0 Å². The maximum Gasteiger partial charge on any atom is 0.274 e. The SMILES string of the molecule is COc1cccc(C(C)NC(=O)c2n[nH]nc2-c2cccc(C)c2)c1. The molecule has 0 bridgehead atoms. The second kappa shape index (κ2) is 7.17. The Kier molecular flexibility index (Phi) is 4.79. The molecule has 2 aromatic carbocycles. The Morgan fingerprint density at radius 2 is 1.96 bits per heavy atom. The van der Waals surface area contributed by atoms with Crippen LogP contribution in [0, 0.1) is 6.92 Å². The second-order valence-corrected chi connectivity index (χ2v) is 5.86. The first-order valence-electron chi connectivity index (χ1n) is 8.01. The topological polar surface area (TPSA) is 79.9 Å². The zero-order valence-electron chi connectivity index (χ0n) is 14.4. The second-order valence-electron chi connectivity index (χ2n) is 5.86. The van der Waals surface area contributed by atoms with Crippen LogP contribution in [0.5, 0.6) is 5.75 Å². The van der Waals surface area contributed by atoms with E-state index in [0.717, 1.165) is 22.4 Å². The summed E-state index contributed by atoms with van der Waals surface area (Å²) < 4.78 is 5.23. The molecule has 0 saturated heterocycles. The molecule has 1 atom stereocenters. The van der Waals surface area contributed by atoms with Gasteiger partial charge in [-0.15, -0.1) is 0 Å². The van der Waals surface area contributed by atoms with Crippen LogP contribution in [-0.2, 0) is 0 Å². The summed E-state index contributed by atoms with van der Waals surface area (Å²) in [6.07, 6.45) is 0. The molecule has 0 aliphatic heterocycles. The minimum Gasteiger partial charge on any atom is -0.497 e. The molecule has 1 aromatic heterocycles. The molecule has 1 heterocycles. The zero-order valence-corrected chi connectivity index (χ0v) is 14.4. The van der Waals surface area contributed by atoms with Gasteiger partial charge in [0.05, 0.1) is 13.2 Å². The number of hydrogen-bond donors (Lipinski definition) is 2. The smallest absolute Gasteiger partial charge is 0.274 e. The number of aromatic amines is 1. The highest BCUT2D eigenvalue weighted by Crippen LogP contribution is 2.22. The van der Waals surface area contributed by atoms with Gasteiger partial charge in [0, 0.05) is 5.56 Å². The number of nitrogens with one attached hydrogen (secondary N) is 2. The van der Waals surface area contributed by atoms with Crippen molar-refractivity contribution in [3.05, 3.63) is 65.4 Å². The van der Waals surface area contributed by atoms with Crippen molar-refractivity contribution in [3.63, 3.8) is 0 Å². The van der Waals surface area contributed by atoms with Crippen LogP contribution in [0.1, 0.15) is 34.6 Å². The Labute approximate surface area is 146 Å². The molecular formula is C19H20N4O2. The fourth-order valence-corrected chi connectivity index (χ4v) is 2.64. The predicted molar refractivity (Wildman–Crippen MR) is 95.4 cm³/mol. The van der Waals surface area contributed by atoms with E-state index in [2.05, 4.69) is 20.7 Å². The van der Waals surface area contributed by atoms with E-state index in [-0.39, 0.29) is 17.6 Å². The van der Waals surface area contributed by atoms with Crippen molar-refractivity contribution in [2.45, 2.75) is 19.9 Å². The molecule has 1 unspecified atom stereocenters. The van der Waals surface area contributed by atoms with Gasteiger partial charge in [0.1, 0.15) is 11.4 Å². The number of aromatic nitrogens is 3. The molecule has 0 aliphatic carbocycles. The molecule has 3 aromatic rings. The fourth-order valence-electron chi connectivity index (χ4n) is 2.64. The largest absolute Gasteiger partial charge is 0.497 e. The summed E-state index contributed by atoms with van der Waals surface area (Å²) in [6, 6.07) is 15.2. The van der Waals surface area contributed by atoms with Crippen LogP contribution in [0.25, 0.3) is 11.3 Å². The summed E-state index contributed by atoms with van der Waals surface area (Å²) in [4.78, 5) is 12.7. The first-order chi connectivity index (χ1) is 12.1. The molecule has 0 saturated carbocycles. The molecule has 1 amide bonds. The van der Waals surface area contributed by atoms with E-state index in [1.807, 2.05) is 62.4 Å². The third-order valence-corrected chi connectivity index (χ3v) is 4.00. The summed E-state index contributed by atoms with van der Waals surface area (Å²) in [7, 11) is 1.62. The number of rotatable bonds is 5. The van der Waals surface area contributed by atoms with E-state index in [0.29, 0.717) is 5.69 Å². The summed E-state index contributed by atoms with van der Waals surface area (Å²) in [5, 5.41) is 13.7. The van der Waals surface area contributed by atoms with E-state index in [1.54, 1.807) is 7.11 Å². The molecule has 0 spiro atoms. The van der Waals surface area contributed by atoms with Gasteiger partial charge in [-0.3, -0.25) is 4.79 Å². The quantitative estimate of drug-likeness (QED) is 0.749. The van der Waals surface area contributed by atoms with Crippen molar-refractivity contribution in [1.29, 1.82) is 0 Å². The fraction of sp³-hybridized carbons (Fsp3) is 0.211. The number of amides is 1. The van der Waals surface area contributed by atoms with E-state index >= 15 is 0 Å². The number of hydrogen-bond acceptors (Lipinski definition) is 4. The molecule has 6 nitrogen and oxygen atoms in total. The highest BCUT2D eigenvalue weighted by atomic mass is 16.5. The van der Waals surface area contributed by atoms with Gasteiger partial charge >= 0.3 is 0 Å². The normalized spacial score (nSPS) is 11.8. The lowest BCUT2D eigenvalue weighted by atomic mass is 10.1. The van der Waals surface area contributed by atoms with Gasteiger partial charge in [-0.25, -0.2) is 0 Å². The molecule has 2 N–H and O–H groups in total. The van der Waals surface area contributed by atoms with E-state index in [1.165, 1.54) is 0 Å². The monoisotopic (exact) mass is 336 g/mol. The molecule has 0 fully saturated rings. The number of nitrogens with zero attached hydrogens (tertiary/aromatic N) is 2. The molecule has 128 valence electrons. The van der Waals surface area contributed by atoms with Crippen LogP contribution >= 0.6 is 0 Å². The van der Waals surface area contributed by atoms with Crippen molar-refractivity contribution >= 4 is 5.91 Å². The van der Waals surface area contributed by atoms with Crippen molar-refractivity contribution in [1.82, 2.24) is 20.7 Å². The molecule has 3 rings (SSSR count). The summed E-state index contributed by atoms with van der Waals surface area (Å²) in [6.45, 7) is 3.91.